The summed E-state index contributed by atoms with van der Waals surface area (Å²) < 4.78 is 33.6. The maximum absolute atomic E-state index is 13.3. The van der Waals surface area contributed by atoms with E-state index >= 15 is 0 Å². The highest BCUT2D eigenvalue weighted by Gasteiger charge is 2.54. The molecule has 0 bridgehead atoms. The first-order valence-corrected chi connectivity index (χ1v) is 14.9. The van der Waals surface area contributed by atoms with Crippen LogP contribution in [0.25, 0.3) is 6.08 Å². The zero-order chi connectivity index (χ0) is 24.6. The van der Waals surface area contributed by atoms with Gasteiger partial charge in [-0.05, 0) is 49.3 Å². The predicted octanol–water partition coefficient (Wildman–Crippen LogP) is 1.46. The number of hydrogen-bond acceptors (Lipinski definition) is 7. The van der Waals surface area contributed by atoms with Crippen LogP contribution in [0.5, 0.6) is 0 Å². The van der Waals surface area contributed by atoms with Gasteiger partial charge in [0.1, 0.15) is 6.04 Å². The smallest absolute Gasteiger partial charge is 0.242 e. The summed E-state index contributed by atoms with van der Waals surface area (Å²) in [5.41, 5.74) is 0. The van der Waals surface area contributed by atoms with Crippen LogP contribution in [0.3, 0.4) is 0 Å². The zero-order valence-electron chi connectivity index (χ0n) is 19.5. The van der Waals surface area contributed by atoms with Gasteiger partial charge in [-0.3, -0.25) is 14.5 Å². The lowest BCUT2D eigenvalue weighted by Crippen LogP contribution is -2.56. The molecular formula is C23H31ClN4O5S2. The van der Waals surface area contributed by atoms with E-state index in [-0.39, 0.29) is 24.4 Å². The monoisotopic (exact) mass is 542 g/mol. The molecule has 0 radical (unpaired) electrons. The zero-order valence-corrected chi connectivity index (χ0v) is 21.9. The molecule has 4 heterocycles. The number of fused-ring (bicyclic) bond motifs is 1. The Morgan fingerprint density at radius 1 is 1.26 bits per heavy atom. The highest BCUT2D eigenvalue weighted by atomic mass is 35.5. The minimum atomic E-state index is -3.82. The first-order chi connectivity index (χ1) is 16.8. The third-order valence-corrected chi connectivity index (χ3v) is 9.64. The Kier molecular flexibility index (Phi) is 7.53. The molecule has 4 unspecified atom stereocenters. The Morgan fingerprint density at radius 3 is 2.80 bits per heavy atom. The second-order valence-corrected chi connectivity index (χ2v) is 13.1. The predicted molar refractivity (Wildman–Crippen MR) is 134 cm³/mol. The van der Waals surface area contributed by atoms with Crippen molar-refractivity contribution in [2.75, 3.05) is 52.5 Å². The number of sulfonamides is 1. The van der Waals surface area contributed by atoms with E-state index in [1.54, 1.807) is 12.1 Å². The average Bonchev–Trinajstić information content (AvgIpc) is 3.33. The Hall–Kier alpha value is -1.50. The number of thiophene rings is 1. The molecule has 1 N–H and O–H groups in total. The maximum atomic E-state index is 13.3. The Labute approximate surface area is 215 Å². The van der Waals surface area contributed by atoms with Gasteiger partial charge >= 0.3 is 0 Å². The van der Waals surface area contributed by atoms with Crippen molar-refractivity contribution in [3.8, 4) is 0 Å². The number of amides is 2. The molecule has 0 spiro atoms. The summed E-state index contributed by atoms with van der Waals surface area (Å²) in [5, 5.41) is 1.05. The fourth-order valence-corrected chi connectivity index (χ4v) is 7.48. The van der Waals surface area contributed by atoms with Crippen LogP contribution >= 0.6 is 22.9 Å². The van der Waals surface area contributed by atoms with E-state index in [0.717, 1.165) is 44.8 Å². The number of piperidine rings is 2. The quantitative estimate of drug-likeness (QED) is 0.534. The van der Waals surface area contributed by atoms with E-state index < -0.39 is 16.1 Å². The van der Waals surface area contributed by atoms with Gasteiger partial charge in [-0.15, -0.1) is 11.3 Å². The van der Waals surface area contributed by atoms with Gasteiger partial charge in [-0.25, -0.2) is 8.42 Å². The maximum Gasteiger partial charge on any atom is 0.242 e. The summed E-state index contributed by atoms with van der Waals surface area (Å²) in [5.74, 6) is 0.756. The molecule has 1 saturated carbocycles. The van der Waals surface area contributed by atoms with E-state index in [0.29, 0.717) is 40.4 Å². The molecular weight excluding hydrogens is 512 g/mol. The molecule has 4 aliphatic rings. The lowest BCUT2D eigenvalue weighted by molar-refractivity contribution is -0.144. The van der Waals surface area contributed by atoms with Gasteiger partial charge in [0.25, 0.3) is 0 Å². The van der Waals surface area contributed by atoms with Gasteiger partial charge in [0.15, 0.2) is 0 Å². The highest BCUT2D eigenvalue weighted by molar-refractivity contribution is 7.92. The van der Waals surface area contributed by atoms with Gasteiger partial charge in [0.2, 0.25) is 21.8 Å². The summed E-state index contributed by atoms with van der Waals surface area (Å²) in [6.07, 6.45) is 3.69. The van der Waals surface area contributed by atoms with Crippen molar-refractivity contribution in [3.63, 3.8) is 0 Å². The molecule has 3 saturated heterocycles. The van der Waals surface area contributed by atoms with E-state index in [9.17, 15) is 18.0 Å². The number of ether oxygens (including phenoxy) is 1. The molecule has 12 heteroatoms. The number of morpholine rings is 1. The molecule has 2 amide bonds. The summed E-state index contributed by atoms with van der Waals surface area (Å²) in [6.45, 7) is 5.30. The van der Waals surface area contributed by atoms with Crippen molar-refractivity contribution in [1.82, 2.24) is 19.4 Å². The third kappa shape index (κ3) is 6.08. The van der Waals surface area contributed by atoms with Crippen LogP contribution < -0.4 is 4.72 Å². The first kappa shape index (κ1) is 25.2. The second-order valence-electron chi connectivity index (χ2n) is 9.75. The minimum absolute atomic E-state index is 0.000351. The summed E-state index contributed by atoms with van der Waals surface area (Å²) >= 11 is 7.16. The van der Waals surface area contributed by atoms with Gasteiger partial charge in [0, 0.05) is 49.1 Å². The number of carbonyl (C=O) groups is 2. The first-order valence-electron chi connectivity index (χ1n) is 12.1. The second kappa shape index (κ2) is 10.5. The number of likely N-dealkylation sites (tertiary alicyclic amines) is 2. The van der Waals surface area contributed by atoms with Crippen molar-refractivity contribution < 1.29 is 22.7 Å². The highest BCUT2D eigenvalue weighted by Crippen LogP contribution is 2.49. The van der Waals surface area contributed by atoms with Crippen LogP contribution in [-0.2, 0) is 24.3 Å². The fraction of sp³-hybridized carbons (Fsp3) is 0.652. The average molecular weight is 543 g/mol. The topological polar surface area (TPSA) is 99.3 Å². The molecule has 1 aliphatic carbocycles. The molecule has 3 aliphatic heterocycles. The van der Waals surface area contributed by atoms with Crippen molar-refractivity contribution in [1.29, 1.82) is 0 Å². The Balaban J connectivity index is 1.17. The van der Waals surface area contributed by atoms with Gasteiger partial charge in [-0.2, -0.15) is 4.72 Å². The standard InChI is InChI=1S/C23H31ClN4O5S2/c24-21-4-3-17(34-21)5-11-35(31,32)25-19-2-1-6-27(23(19)30)15-22(29)28-13-16-12-18(16)20(28)14-26-7-9-33-10-8-26/h3-5,11,16,18-20,25H,1-2,6-10,12-15H2/b11-5+. The number of hydrogen-bond donors (Lipinski definition) is 1. The fourth-order valence-electron chi connectivity index (χ4n) is 5.41. The number of nitrogens with one attached hydrogen (secondary N) is 1. The van der Waals surface area contributed by atoms with E-state index in [1.807, 2.05) is 4.90 Å². The molecule has 4 fully saturated rings. The minimum Gasteiger partial charge on any atom is -0.379 e. The van der Waals surface area contributed by atoms with Crippen LogP contribution in [-0.4, -0.2) is 99.5 Å². The van der Waals surface area contributed by atoms with Crippen LogP contribution in [0.15, 0.2) is 17.5 Å². The van der Waals surface area contributed by atoms with Crippen LogP contribution in [0.4, 0.5) is 0 Å². The van der Waals surface area contributed by atoms with Crippen LogP contribution in [0.1, 0.15) is 24.1 Å². The Morgan fingerprint density at radius 2 is 2.06 bits per heavy atom. The van der Waals surface area contributed by atoms with Crippen LogP contribution in [0.2, 0.25) is 4.34 Å². The SMILES string of the molecule is O=C1C(NS(=O)(=O)/C=C/c2ccc(Cl)s2)CCCN1CC(=O)N1CC2CC2C1CN1CCOCC1. The van der Waals surface area contributed by atoms with Gasteiger partial charge in [-0.1, -0.05) is 11.6 Å². The van der Waals surface area contributed by atoms with E-state index in [1.165, 1.54) is 28.7 Å². The number of halogens is 1. The van der Waals surface area contributed by atoms with Gasteiger partial charge in [0.05, 0.1) is 24.1 Å². The van der Waals surface area contributed by atoms with Gasteiger partial charge < -0.3 is 14.5 Å². The van der Waals surface area contributed by atoms with Crippen molar-refractivity contribution in [2.45, 2.75) is 31.3 Å². The molecule has 5 rings (SSSR count). The molecule has 1 aromatic rings. The molecule has 192 valence electrons. The largest absolute Gasteiger partial charge is 0.379 e. The van der Waals surface area contributed by atoms with Crippen molar-refractivity contribution in [2.24, 2.45) is 11.8 Å². The summed E-state index contributed by atoms with van der Waals surface area (Å²) in [4.78, 5) is 32.9. The lowest BCUT2D eigenvalue weighted by atomic mass is 10.1. The molecule has 9 nitrogen and oxygen atoms in total. The molecule has 1 aromatic heterocycles. The number of nitrogens with zero attached hydrogens (tertiary/aromatic N) is 3. The van der Waals surface area contributed by atoms with E-state index in [2.05, 4.69) is 9.62 Å². The van der Waals surface area contributed by atoms with Crippen molar-refractivity contribution in [3.05, 3.63) is 26.8 Å². The van der Waals surface area contributed by atoms with Crippen LogP contribution in [0, 0.1) is 11.8 Å². The van der Waals surface area contributed by atoms with Crippen molar-refractivity contribution >= 4 is 50.9 Å². The molecule has 4 atom stereocenters. The molecule has 0 aromatic carbocycles. The van der Waals surface area contributed by atoms with E-state index in [4.69, 9.17) is 16.3 Å². The lowest BCUT2D eigenvalue weighted by Gasteiger charge is -2.37. The summed E-state index contributed by atoms with van der Waals surface area (Å²) in [7, 11) is -3.82. The number of rotatable bonds is 8. The third-order valence-electron chi connectivity index (χ3n) is 7.34. The number of carbonyl (C=O) groups excluding carboxylic acids is 2. The Bertz CT molecular complexity index is 1090. The molecule has 35 heavy (non-hydrogen) atoms. The normalized spacial score (nSPS) is 29.7. The summed E-state index contributed by atoms with van der Waals surface area (Å²) in [6, 6.07) is 2.75.